The van der Waals surface area contributed by atoms with Crippen LogP contribution in [0.5, 0.6) is 0 Å². The first kappa shape index (κ1) is 20.8. The number of aromatic amines is 1. The Kier molecular flexibility index (Phi) is 5.82. The number of anilines is 2. The molecule has 162 valence electrons. The van der Waals surface area contributed by atoms with Crippen LogP contribution in [0, 0.1) is 0 Å². The third kappa shape index (κ3) is 4.67. The number of hydrogen-bond donors (Lipinski definition) is 3. The number of aryl methyl sites for hydroxylation is 1. The summed E-state index contributed by atoms with van der Waals surface area (Å²) < 4.78 is 5.54. The van der Waals surface area contributed by atoms with Gasteiger partial charge in [0, 0.05) is 29.4 Å². The van der Waals surface area contributed by atoms with Gasteiger partial charge in [0.1, 0.15) is 6.10 Å². The summed E-state index contributed by atoms with van der Waals surface area (Å²) in [6.07, 6.45) is 4.56. The zero-order chi connectivity index (χ0) is 21.3. The number of alkyl carbamates (subject to hydrolysis) is 1. The minimum absolute atomic E-state index is 0.0396. The highest BCUT2D eigenvalue weighted by molar-refractivity contribution is 8.27. The van der Waals surface area contributed by atoms with Gasteiger partial charge in [0.15, 0.2) is 5.82 Å². The van der Waals surface area contributed by atoms with Crippen LogP contribution in [0.3, 0.4) is 0 Å². The van der Waals surface area contributed by atoms with E-state index < -0.39 is 9.21 Å². The van der Waals surface area contributed by atoms with E-state index >= 15 is 0 Å². The lowest BCUT2D eigenvalue weighted by molar-refractivity contribution is 0.0981. The molecule has 1 aromatic heterocycles. The van der Waals surface area contributed by atoms with Gasteiger partial charge >= 0.3 is 6.09 Å². The Bertz CT molecular complexity index is 1030. The summed E-state index contributed by atoms with van der Waals surface area (Å²) in [6, 6.07) is 8.65. The molecule has 1 amide bonds. The third-order valence-electron chi connectivity index (χ3n) is 5.88. The second kappa shape index (κ2) is 8.38. The molecular weight excluding hydrogens is 396 g/mol. The van der Waals surface area contributed by atoms with Crippen molar-refractivity contribution >= 4 is 38.5 Å². The normalized spacial score (nSPS) is 22.5. The molecule has 4 rings (SSSR count). The van der Waals surface area contributed by atoms with Crippen LogP contribution in [0.15, 0.2) is 29.2 Å². The first-order chi connectivity index (χ1) is 14.3. The van der Waals surface area contributed by atoms with Crippen LogP contribution in [0.1, 0.15) is 56.7 Å². The summed E-state index contributed by atoms with van der Waals surface area (Å²) in [5.74, 6) is 11.0. The number of fused-ring (bicyclic) bond motifs is 1. The van der Waals surface area contributed by atoms with Gasteiger partial charge in [-0.2, -0.15) is 14.3 Å². The standard InChI is InChI=1S/C23H32N4O2S/c1-15(2)24-23(28)29-19-9-7-16(13-19)20-14-22(27-26-20)25-18-8-10-21-17(12-18)6-5-11-30(21,3)4/h8,10,12,14-16,19H,3-7,9,11,13H2,1-2H3,(H,24,28)(H2,25,26,27)/t16-,19?/m0/s1. The fraction of sp³-hybridized carbons (Fsp3) is 0.478. The van der Waals surface area contributed by atoms with Crippen molar-refractivity contribution in [1.82, 2.24) is 15.5 Å². The maximum atomic E-state index is 11.8. The zero-order valence-electron chi connectivity index (χ0n) is 17.9. The number of H-pyrrole nitrogens is 1. The van der Waals surface area contributed by atoms with Crippen molar-refractivity contribution in [3.63, 3.8) is 0 Å². The van der Waals surface area contributed by atoms with Crippen molar-refractivity contribution in [3.8, 4) is 0 Å². The Hall–Kier alpha value is -2.41. The van der Waals surface area contributed by atoms with Crippen molar-refractivity contribution in [2.75, 3.05) is 11.1 Å². The molecule has 30 heavy (non-hydrogen) atoms. The van der Waals surface area contributed by atoms with Crippen LogP contribution < -0.4 is 10.6 Å². The summed E-state index contributed by atoms with van der Waals surface area (Å²) in [5.41, 5.74) is 3.49. The third-order valence-corrected chi connectivity index (χ3v) is 8.28. The highest BCUT2D eigenvalue weighted by Gasteiger charge is 2.30. The molecule has 0 bridgehead atoms. The van der Waals surface area contributed by atoms with Crippen LogP contribution in [0.4, 0.5) is 16.3 Å². The Balaban J connectivity index is 1.38. The van der Waals surface area contributed by atoms with Crippen molar-refractivity contribution < 1.29 is 9.53 Å². The Morgan fingerprint density at radius 2 is 2.13 bits per heavy atom. The number of nitrogens with one attached hydrogen (secondary N) is 3. The monoisotopic (exact) mass is 428 g/mol. The molecule has 6 nitrogen and oxygen atoms in total. The lowest BCUT2D eigenvalue weighted by atomic mass is 10.0. The number of carbonyl (C=O) groups is 1. The smallest absolute Gasteiger partial charge is 0.407 e. The minimum Gasteiger partial charge on any atom is -0.446 e. The van der Waals surface area contributed by atoms with Gasteiger partial charge < -0.3 is 15.4 Å². The molecule has 0 saturated heterocycles. The first-order valence-electron chi connectivity index (χ1n) is 10.7. The molecule has 1 saturated carbocycles. The highest BCUT2D eigenvalue weighted by atomic mass is 32.2. The molecule has 0 spiro atoms. The van der Waals surface area contributed by atoms with Crippen LogP contribution in [-0.2, 0) is 11.2 Å². The second-order valence-corrected chi connectivity index (χ2v) is 11.8. The summed E-state index contributed by atoms with van der Waals surface area (Å²) in [5, 5.41) is 13.8. The van der Waals surface area contributed by atoms with E-state index in [9.17, 15) is 4.79 Å². The molecule has 1 aromatic carbocycles. The molecule has 0 radical (unpaired) electrons. The SMILES string of the molecule is C=S1(=C)CCCc2cc(Nc3cc([C@H]4CCC(OC(=O)NC(C)C)C4)[nH]n3)ccc21. The average Bonchev–Trinajstić information content (AvgIpc) is 3.30. The van der Waals surface area contributed by atoms with E-state index in [4.69, 9.17) is 4.74 Å². The maximum absolute atomic E-state index is 11.8. The van der Waals surface area contributed by atoms with E-state index in [1.54, 1.807) is 0 Å². The molecule has 2 aromatic rings. The lowest BCUT2D eigenvalue weighted by Gasteiger charge is -2.25. The quantitative estimate of drug-likeness (QED) is 0.592. The first-order valence-corrected chi connectivity index (χ1v) is 12.8. The fourth-order valence-corrected chi connectivity index (χ4v) is 6.42. The molecule has 1 aliphatic heterocycles. The van der Waals surface area contributed by atoms with Crippen molar-refractivity contribution in [2.45, 2.75) is 68.9 Å². The maximum Gasteiger partial charge on any atom is 0.407 e. The largest absolute Gasteiger partial charge is 0.446 e. The predicted molar refractivity (Wildman–Crippen MR) is 127 cm³/mol. The van der Waals surface area contributed by atoms with Crippen LogP contribution in [-0.4, -0.2) is 45.9 Å². The predicted octanol–water partition coefficient (Wildman–Crippen LogP) is 4.90. The van der Waals surface area contributed by atoms with Gasteiger partial charge in [0.2, 0.25) is 0 Å². The molecule has 3 N–H and O–H groups in total. The minimum atomic E-state index is -1.15. The Morgan fingerprint density at radius 1 is 1.30 bits per heavy atom. The zero-order valence-corrected chi connectivity index (χ0v) is 18.7. The molecule has 7 heteroatoms. The van der Waals surface area contributed by atoms with E-state index in [1.165, 1.54) is 10.5 Å². The molecule has 2 atom stereocenters. The lowest BCUT2D eigenvalue weighted by Crippen LogP contribution is -2.33. The molecular formula is C23H32N4O2S. The van der Waals surface area contributed by atoms with E-state index in [1.807, 2.05) is 13.8 Å². The molecule has 1 aliphatic carbocycles. The number of aromatic nitrogens is 2. The fourth-order valence-electron chi connectivity index (χ4n) is 4.43. The van der Waals surface area contributed by atoms with Crippen molar-refractivity contribution in [1.29, 1.82) is 0 Å². The van der Waals surface area contributed by atoms with Crippen LogP contribution in [0.25, 0.3) is 0 Å². The summed E-state index contributed by atoms with van der Waals surface area (Å²) >= 11 is 0. The van der Waals surface area contributed by atoms with E-state index in [2.05, 4.69) is 56.8 Å². The topological polar surface area (TPSA) is 79.0 Å². The number of ether oxygens (including phenoxy) is 1. The Morgan fingerprint density at radius 3 is 2.93 bits per heavy atom. The summed E-state index contributed by atoms with van der Waals surface area (Å²) in [6.45, 7) is 3.85. The Labute approximate surface area is 179 Å². The highest BCUT2D eigenvalue weighted by Crippen LogP contribution is 2.41. The van der Waals surface area contributed by atoms with Crippen LogP contribution in [0.2, 0.25) is 0 Å². The number of rotatable bonds is 5. The molecule has 1 fully saturated rings. The van der Waals surface area contributed by atoms with E-state index in [-0.39, 0.29) is 18.2 Å². The van der Waals surface area contributed by atoms with Gasteiger partial charge in [-0.3, -0.25) is 5.10 Å². The van der Waals surface area contributed by atoms with E-state index in [0.29, 0.717) is 5.92 Å². The molecule has 1 unspecified atom stereocenters. The van der Waals surface area contributed by atoms with Gasteiger partial charge in [-0.15, -0.1) is 0 Å². The van der Waals surface area contributed by atoms with Gasteiger partial charge in [-0.05, 0) is 80.4 Å². The summed E-state index contributed by atoms with van der Waals surface area (Å²) in [7, 11) is -1.15. The molecule has 2 aliphatic rings. The van der Waals surface area contributed by atoms with Crippen molar-refractivity contribution in [3.05, 3.63) is 35.5 Å². The molecule has 2 heterocycles. The van der Waals surface area contributed by atoms with Gasteiger partial charge in [-0.1, -0.05) is 11.7 Å². The number of amides is 1. The summed E-state index contributed by atoms with van der Waals surface area (Å²) in [4.78, 5) is 13.2. The second-order valence-electron chi connectivity index (χ2n) is 8.85. The van der Waals surface area contributed by atoms with Crippen LogP contribution >= 0.6 is 9.21 Å². The van der Waals surface area contributed by atoms with Crippen molar-refractivity contribution in [2.24, 2.45) is 0 Å². The average molecular weight is 429 g/mol. The van der Waals surface area contributed by atoms with E-state index in [0.717, 1.165) is 55.1 Å². The number of hydrogen-bond acceptors (Lipinski definition) is 4. The number of carbonyl (C=O) groups excluding carboxylic acids is 1. The van der Waals surface area contributed by atoms with Gasteiger partial charge in [0.05, 0.1) is 0 Å². The van der Waals surface area contributed by atoms with Gasteiger partial charge in [0.25, 0.3) is 0 Å². The van der Waals surface area contributed by atoms with Gasteiger partial charge in [-0.25, -0.2) is 4.79 Å². The number of benzene rings is 1. The number of nitrogens with zero attached hydrogens (tertiary/aromatic N) is 1.